The van der Waals surface area contributed by atoms with Crippen LogP contribution in [0.1, 0.15) is 18.9 Å². The normalized spacial score (nSPS) is 10.6. The van der Waals surface area contributed by atoms with Crippen molar-refractivity contribution in [2.45, 2.75) is 19.9 Å². The van der Waals surface area contributed by atoms with Crippen molar-refractivity contribution in [2.75, 3.05) is 11.9 Å². The summed E-state index contributed by atoms with van der Waals surface area (Å²) in [4.78, 5) is 30.3. The predicted molar refractivity (Wildman–Crippen MR) is 108 cm³/mol. The van der Waals surface area contributed by atoms with Crippen molar-refractivity contribution in [2.24, 2.45) is 0 Å². The van der Waals surface area contributed by atoms with E-state index in [1.54, 1.807) is 17.2 Å². The second-order valence-electron chi connectivity index (χ2n) is 6.21. The summed E-state index contributed by atoms with van der Waals surface area (Å²) >= 11 is 6.17. The Morgan fingerprint density at radius 3 is 2.63 bits per heavy atom. The predicted octanol–water partition coefficient (Wildman–Crippen LogP) is 4.27. The first kappa shape index (κ1) is 18.9. The highest BCUT2D eigenvalue weighted by atomic mass is 35.5. The van der Waals surface area contributed by atoms with E-state index in [4.69, 9.17) is 11.6 Å². The smallest absolute Gasteiger partial charge is 0.226 e. The third kappa shape index (κ3) is 4.83. The number of fused-ring (bicyclic) bond motifs is 1. The molecule has 5 nitrogen and oxygen atoms in total. The Bertz CT molecular complexity index is 969. The molecule has 1 aromatic heterocycles. The van der Waals surface area contributed by atoms with Gasteiger partial charge in [0.25, 0.3) is 0 Å². The summed E-state index contributed by atoms with van der Waals surface area (Å²) in [7, 11) is 0. The maximum Gasteiger partial charge on any atom is 0.226 e. The minimum absolute atomic E-state index is 0.102. The van der Waals surface area contributed by atoms with Gasteiger partial charge in [0.05, 0.1) is 11.2 Å². The van der Waals surface area contributed by atoms with Crippen molar-refractivity contribution in [3.8, 4) is 0 Å². The molecule has 27 heavy (non-hydrogen) atoms. The minimum atomic E-state index is -0.168. The van der Waals surface area contributed by atoms with Crippen molar-refractivity contribution in [3.63, 3.8) is 0 Å². The summed E-state index contributed by atoms with van der Waals surface area (Å²) in [5, 5.41) is 4.45. The Hall–Kier alpha value is -2.92. The molecule has 0 unspecified atom stereocenters. The van der Waals surface area contributed by atoms with Gasteiger partial charge >= 0.3 is 0 Å². The largest absolute Gasteiger partial charge is 0.338 e. The number of nitrogens with zero attached hydrogens (tertiary/aromatic N) is 2. The van der Waals surface area contributed by atoms with Gasteiger partial charge in [0.15, 0.2) is 0 Å². The van der Waals surface area contributed by atoms with Crippen LogP contribution in [0.2, 0.25) is 5.02 Å². The number of carbonyl (C=O) groups excluding carboxylic acids is 2. The van der Waals surface area contributed by atoms with Crippen LogP contribution in [0.25, 0.3) is 10.9 Å². The van der Waals surface area contributed by atoms with Crippen molar-refractivity contribution in [3.05, 3.63) is 71.4 Å². The van der Waals surface area contributed by atoms with Crippen LogP contribution < -0.4 is 5.32 Å². The monoisotopic (exact) mass is 381 g/mol. The van der Waals surface area contributed by atoms with Gasteiger partial charge in [-0.2, -0.15) is 0 Å². The topological polar surface area (TPSA) is 62.3 Å². The van der Waals surface area contributed by atoms with Gasteiger partial charge in [0.1, 0.15) is 0 Å². The van der Waals surface area contributed by atoms with Crippen molar-refractivity contribution >= 4 is 40.0 Å². The Balaban J connectivity index is 1.64. The van der Waals surface area contributed by atoms with E-state index in [-0.39, 0.29) is 18.2 Å². The van der Waals surface area contributed by atoms with Gasteiger partial charge in [-0.3, -0.25) is 14.6 Å². The van der Waals surface area contributed by atoms with Crippen molar-refractivity contribution < 1.29 is 9.59 Å². The summed E-state index contributed by atoms with van der Waals surface area (Å²) in [6, 6.07) is 16.8. The molecule has 0 saturated heterocycles. The van der Waals surface area contributed by atoms with Gasteiger partial charge in [-0.15, -0.1) is 0 Å². The molecule has 0 aliphatic heterocycles. The zero-order chi connectivity index (χ0) is 19.2. The molecule has 0 spiro atoms. The number of benzene rings is 2. The number of aromatic nitrogens is 1. The Morgan fingerprint density at radius 1 is 1.07 bits per heavy atom. The van der Waals surface area contributed by atoms with E-state index in [0.717, 1.165) is 16.5 Å². The molecular weight excluding hydrogens is 362 g/mol. The lowest BCUT2D eigenvalue weighted by Crippen LogP contribution is -2.31. The van der Waals surface area contributed by atoms with Crippen LogP contribution in [-0.4, -0.2) is 28.2 Å². The molecule has 2 aromatic carbocycles. The summed E-state index contributed by atoms with van der Waals surface area (Å²) in [5.41, 5.74) is 2.26. The third-order valence-electron chi connectivity index (χ3n) is 4.28. The fourth-order valence-electron chi connectivity index (χ4n) is 2.83. The van der Waals surface area contributed by atoms with E-state index in [1.165, 1.54) is 6.92 Å². The Labute approximate surface area is 163 Å². The number of halogens is 1. The summed E-state index contributed by atoms with van der Waals surface area (Å²) in [6.45, 7) is 2.17. The molecule has 0 aliphatic carbocycles. The number of pyridine rings is 1. The number of para-hydroxylation sites is 1. The maximum absolute atomic E-state index is 12.4. The third-order valence-corrected chi connectivity index (χ3v) is 4.65. The highest BCUT2D eigenvalue weighted by Gasteiger charge is 2.14. The van der Waals surface area contributed by atoms with Gasteiger partial charge in [0, 0.05) is 43.0 Å². The lowest BCUT2D eigenvalue weighted by atomic mass is 10.2. The van der Waals surface area contributed by atoms with E-state index in [0.29, 0.717) is 23.8 Å². The maximum atomic E-state index is 12.4. The van der Waals surface area contributed by atoms with Crippen molar-refractivity contribution in [1.29, 1.82) is 0 Å². The SMILES string of the molecule is CC(=O)N(CCC(=O)Nc1cccc2cccnc12)Cc1ccccc1Cl. The molecule has 1 N–H and O–H groups in total. The summed E-state index contributed by atoms with van der Waals surface area (Å²) < 4.78 is 0. The number of hydrogen-bond acceptors (Lipinski definition) is 3. The van der Waals surface area contributed by atoms with Crippen LogP contribution in [0.3, 0.4) is 0 Å². The summed E-state index contributed by atoms with van der Waals surface area (Å²) in [6.07, 6.45) is 1.88. The van der Waals surface area contributed by atoms with E-state index in [1.807, 2.05) is 48.5 Å². The van der Waals surface area contributed by atoms with Crippen LogP contribution in [-0.2, 0) is 16.1 Å². The molecule has 0 radical (unpaired) electrons. The zero-order valence-electron chi connectivity index (χ0n) is 15.0. The number of hydrogen-bond donors (Lipinski definition) is 1. The first-order chi connectivity index (χ1) is 13.0. The molecular formula is C21H20ClN3O2. The van der Waals surface area contributed by atoms with Gasteiger partial charge in [0.2, 0.25) is 11.8 Å². The molecule has 0 atom stereocenters. The lowest BCUT2D eigenvalue weighted by Gasteiger charge is -2.21. The number of carbonyl (C=O) groups is 2. The van der Waals surface area contributed by atoms with Gasteiger partial charge in [-0.1, -0.05) is 48.0 Å². The fraction of sp³-hybridized carbons (Fsp3) is 0.190. The number of rotatable bonds is 6. The van der Waals surface area contributed by atoms with E-state index >= 15 is 0 Å². The first-order valence-electron chi connectivity index (χ1n) is 8.67. The van der Waals surface area contributed by atoms with Gasteiger partial charge in [-0.05, 0) is 23.8 Å². The second kappa shape index (κ2) is 8.64. The Morgan fingerprint density at radius 2 is 1.85 bits per heavy atom. The van der Waals surface area contributed by atoms with E-state index in [2.05, 4.69) is 10.3 Å². The molecule has 0 aliphatic rings. The lowest BCUT2D eigenvalue weighted by molar-refractivity contribution is -0.129. The molecule has 2 amide bonds. The van der Waals surface area contributed by atoms with E-state index < -0.39 is 0 Å². The van der Waals surface area contributed by atoms with Crippen LogP contribution in [0, 0.1) is 0 Å². The number of amides is 2. The molecule has 0 saturated carbocycles. The first-order valence-corrected chi connectivity index (χ1v) is 9.05. The van der Waals surface area contributed by atoms with Gasteiger partial charge < -0.3 is 10.2 Å². The highest BCUT2D eigenvalue weighted by molar-refractivity contribution is 6.31. The molecule has 138 valence electrons. The molecule has 3 aromatic rings. The molecule has 1 heterocycles. The molecule has 0 bridgehead atoms. The zero-order valence-corrected chi connectivity index (χ0v) is 15.7. The van der Waals surface area contributed by atoms with E-state index in [9.17, 15) is 9.59 Å². The summed E-state index contributed by atoms with van der Waals surface area (Å²) in [5.74, 6) is -0.270. The fourth-order valence-corrected chi connectivity index (χ4v) is 3.03. The minimum Gasteiger partial charge on any atom is -0.338 e. The van der Waals surface area contributed by atoms with Crippen LogP contribution >= 0.6 is 11.6 Å². The van der Waals surface area contributed by atoms with Crippen LogP contribution in [0.5, 0.6) is 0 Å². The highest BCUT2D eigenvalue weighted by Crippen LogP contribution is 2.21. The standard InChI is InChI=1S/C21H20ClN3O2/c1-15(26)25(14-17-6-2-3-9-18(17)22)13-11-20(27)24-19-10-4-7-16-8-5-12-23-21(16)19/h2-10,12H,11,13-14H2,1H3,(H,24,27). The second-order valence-corrected chi connectivity index (χ2v) is 6.62. The number of anilines is 1. The molecule has 3 rings (SSSR count). The van der Waals surface area contributed by atoms with Crippen LogP contribution in [0.4, 0.5) is 5.69 Å². The Kier molecular flexibility index (Phi) is 6.04. The number of nitrogens with one attached hydrogen (secondary N) is 1. The molecule has 0 fully saturated rings. The van der Waals surface area contributed by atoms with Crippen molar-refractivity contribution in [1.82, 2.24) is 9.88 Å². The average Bonchev–Trinajstić information content (AvgIpc) is 2.66. The quantitative estimate of drug-likeness (QED) is 0.693. The average molecular weight is 382 g/mol. The van der Waals surface area contributed by atoms with Gasteiger partial charge in [-0.25, -0.2) is 0 Å². The molecule has 6 heteroatoms. The van der Waals surface area contributed by atoms with Crippen LogP contribution in [0.15, 0.2) is 60.8 Å².